The van der Waals surface area contributed by atoms with E-state index in [2.05, 4.69) is 55.6 Å². The standard InChI is InChI=1S/C75H141NO5/c1-3-5-7-9-11-13-15-17-19-21-32-36-39-43-47-51-55-59-63-67-73(78)72(71-77)76-74(79)68-64-60-56-52-48-44-40-37-33-30-28-26-24-22-23-25-27-29-31-34-38-42-46-50-54-58-62-66-70-81-75(80)69-65-61-57-53-49-45-41-35-20-18-16-14-12-10-8-6-4-2/h12,14,18,20,22-23,63,67,72-73,77-78H,3-11,13,15-17,19,21,24-62,64-66,68-71H2,1-2H3,(H,76,79)/b14-12-,20-18-,23-22-,67-63+. The maximum Gasteiger partial charge on any atom is 0.305 e. The van der Waals surface area contributed by atoms with Crippen LogP contribution in [0.1, 0.15) is 393 Å². The molecule has 476 valence electrons. The molecule has 6 heteroatoms. The van der Waals surface area contributed by atoms with Crippen LogP contribution >= 0.6 is 0 Å². The lowest BCUT2D eigenvalue weighted by Gasteiger charge is -2.20. The second-order valence-electron chi connectivity index (χ2n) is 24.9. The number of unbranched alkanes of at least 4 members (excludes halogenated alkanes) is 51. The van der Waals surface area contributed by atoms with E-state index in [1.165, 1.54) is 315 Å². The molecule has 0 aliphatic rings. The number of hydrogen-bond donors (Lipinski definition) is 3. The van der Waals surface area contributed by atoms with E-state index < -0.39 is 12.1 Å². The predicted octanol–water partition coefficient (Wildman–Crippen LogP) is 23.6. The van der Waals surface area contributed by atoms with Gasteiger partial charge in [0.2, 0.25) is 5.91 Å². The number of ether oxygens (including phenoxy) is 1. The van der Waals surface area contributed by atoms with Gasteiger partial charge in [0.1, 0.15) is 0 Å². The molecule has 2 unspecified atom stereocenters. The largest absolute Gasteiger partial charge is 0.466 e. The first-order valence-electron chi connectivity index (χ1n) is 36.4. The molecule has 0 aromatic heterocycles. The van der Waals surface area contributed by atoms with Gasteiger partial charge in [0.15, 0.2) is 0 Å². The number of nitrogens with one attached hydrogen (secondary N) is 1. The highest BCUT2D eigenvalue weighted by atomic mass is 16.5. The lowest BCUT2D eigenvalue weighted by atomic mass is 10.0. The number of carbonyl (C=O) groups excluding carboxylic acids is 2. The molecule has 81 heavy (non-hydrogen) atoms. The number of aliphatic hydroxyl groups excluding tert-OH is 2. The minimum atomic E-state index is -0.846. The van der Waals surface area contributed by atoms with Gasteiger partial charge < -0.3 is 20.3 Å². The van der Waals surface area contributed by atoms with Crippen molar-refractivity contribution in [2.75, 3.05) is 13.2 Å². The van der Waals surface area contributed by atoms with Crippen LogP contribution in [-0.4, -0.2) is 47.4 Å². The summed E-state index contributed by atoms with van der Waals surface area (Å²) in [5, 5.41) is 23.2. The lowest BCUT2D eigenvalue weighted by molar-refractivity contribution is -0.143. The van der Waals surface area contributed by atoms with Crippen molar-refractivity contribution in [1.29, 1.82) is 0 Å². The monoisotopic (exact) mass is 1140 g/mol. The molecule has 0 fully saturated rings. The molecule has 1 amide bonds. The maximum atomic E-state index is 12.5. The van der Waals surface area contributed by atoms with E-state index >= 15 is 0 Å². The van der Waals surface area contributed by atoms with Gasteiger partial charge in [-0.2, -0.15) is 0 Å². The van der Waals surface area contributed by atoms with Crippen molar-refractivity contribution in [2.24, 2.45) is 0 Å². The number of carbonyl (C=O) groups is 2. The minimum Gasteiger partial charge on any atom is -0.466 e. The van der Waals surface area contributed by atoms with Crippen LogP contribution in [0.25, 0.3) is 0 Å². The van der Waals surface area contributed by atoms with Gasteiger partial charge in [-0.05, 0) is 89.9 Å². The zero-order chi connectivity index (χ0) is 58.5. The van der Waals surface area contributed by atoms with E-state index in [0.29, 0.717) is 19.4 Å². The number of amides is 1. The summed E-state index contributed by atoms with van der Waals surface area (Å²) in [7, 11) is 0. The van der Waals surface area contributed by atoms with Gasteiger partial charge in [0.25, 0.3) is 0 Å². The molecular formula is C75H141NO5. The van der Waals surface area contributed by atoms with E-state index in [-0.39, 0.29) is 18.5 Å². The predicted molar refractivity (Wildman–Crippen MR) is 356 cm³/mol. The molecule has 0 saturated heterocycles. The van der Waals surface area contributed by atoms with E-state index in [9.17, 15) is 19.8 Å². The van der Waals surface area contributed by atoms with Crippen LogP contribution in [0.5, 0.6) is 0 Å². The van der Waals surface area contributed by atoms with Gasteiger partial charge in [-0.1, -0.05) is 339 Å². The molecule has 0 spiro atoms. The van der Waals surface area contributed by atoms with Crippen molar-refractivity contribution >= 4 is 11.9 Å². The normalized spacial score (nSPS) is 12.8. The molecule has 6 nitrogen and oxygen atoms in total. The highest BCUT2D eigenvalue weighted by Crippen LogP contribution is 2.18. The van der Waals surface area contributed by atoms with Crippen molar-refractivity contribution in [3.63, 3.8) is 0 Å². The molecule has 3 N–H and O–H groups in total. The number of rotatable bonds is 68. The summed E-state index contributed by atoms with van der Waals surface area (Å²) in [5.41, 5.74) is 0. The summed E-state index contributed by atoms with van der Waals surface area (Å²) < 4.78 is 5.50. The summed E-state index contributed by atoms with van der Waals surface area (Å²) in [6.07, 6.45) is 91.9. The Morgan fingerprint density at radius 3 is 0.975 bits per heavy atom. The van der Waals surface area contributed by atoms with Crippen LogP contribution in [-0.2, 0) is 14.3 Å². The molecular weight excluding hydrogens is 995 g/mol. The third-order valence-corrected chi connectivity index (χ3v) is 16.8. The van der Waals surface area contributed by atoms with E-state index in [1.54, 1.807) is 6.08 Å². The van der Waals surface area contributed by atoms with E-state index in [1.807, 2.05) is 6.08 Å². The Hall–Kier alpha value is -2.18. The Morgan fingerprint density at radius 2 is 0.617 bits per heavy atom. The van der Waals surface area contributed by atoms with Crippen molar-refractivity contribution in [2.45, 2.75) is 405 Å². The first-order valence-corrected chi connectivity index (χ1v) is 36.4. The fourth-order valence-electron chi connectivity index (χ4n) is 11.3. The lowest BCUT2D eigenvalue weighted by Crippen LogP contribution is -2.45. The summed E-state index contributed by atoms with van der Waals surface area (Å²) >= 11 is 0. The van der Waals surface area contributed by atoms with Gasteiger partial charge in [-0.15, -0.1) is 0 Å². The molecule has 0 bridgehead atoms. The van der Waals surface area contributed by atoms with Crippen LogP contribution in [0.3, 0.4) is 0 Å². The third-order valence-electron chi connectivity index (χ3n) is 16.8. The molecule has 0 heterocycles. The smallest absolute Gasteiger partial charge is 0.305 e. The Kier molecular flexibility index (Phi) is 68.4. The summed E-state index contributed by atoms with van der Waals surface area (Å²) in [6.45, 7) is 4.91. The van der Waals surface area contributed by atoms with Gasteiger partial charge in [0, 0.05) is 12.8 Å². The molecule has 0 aliphatic carbocycles. The minimum absolute atomic E-state index is 0.00795. The zero-order valence-electron chi connectivity index (χ0n) is 54.5. The molecule has 0 saturated carbocycles. The Balaban J connectivity index is 3.40. The Labute approximate surface area is 506 Å². The number of esters is 1. The van der Waals surface area contributed by atoms with E-state index in [0.717, 1.165) is 51.4 Å². The van der Waals surface area contributed by atoms with Crippen LogP contribution in [0.4, 0.5) is 0 Å². The molecule has 0 radical (unpaired) electrons. The zero-order valence-corrected chi connectivity index (χ0v) is 54.5. The van der Waals surface area contributed by atoms with E-state index in [4.69, 9.17) is 4.74 Å². The summed E-state index contributed by atoms with van der Waals surface area (Å²) in [5.74, 6) is -0.0570. The Bertz CT molecular complexity index is 1360. The highest BCUT2D eigenvalue weighted by molar-refractivity contribution is 5.76. The molecule has 0 aliphatic heterocycles. The number of allylic oxidation sites excluding steroid dienone is 7. The SMILES string of the molecule is CCCCC/C=C\C/C=C\CCCCCCCCCC(=O)OCCCCCCCCCCCCCC/C=C\CCCCCCCCCCCCCCC(=O)NC(CO)C(O)/C=C/CCCCCCCCCCCCCCCCCCC. The quantitative estimate of drug-likeness (QED) is 0.0320. The second kappa shape index (κ2) is 70.3. The van der Waals surface area contributed by atoms with Gasteiger partial charge >= 0.3 is 5.97 Å². The average Bonchev–Trinajstić information content (AvgIpc) is 3.47. The maximum absolute atomic E-state index is 12.5. The molecule has 0 aromatic carbocycles. The third kappa shape index (κ3) is 66.8. The molecule has 0 aromatic rings. The second-order valence-corrected chi connectivity index (χ2v) is 24.9. The highest BCUT2D eigenvalue weighted by Gasteiger charge is 2.18. The topological polar surface area (TPSA) is 95.9 Å². The van der Waals surface area contributed by atoms with Crippen LogP contribution in [0, 0.1) is 0 Å². The number of aliphatic hydroxyl groups is 2. The molecule has 0 rings (SSSR count). The first kappa shape index (κ1) is 78.8. The average molecular weight is 1140 g/mol. The van der Waals surface area contributed by atoms with Gasteiger partial charge in [-0.3, -0.25) is 9.59 Å². The van der Waals surface area contributed by atoms with Gasteiger partial charge in [-0.25, -0.2) is 0 Å². The van der Waals surface area contributed by atoms with Crippen molar-refractivity contribution in [3.05, 3.63) is 48.6 Å². The fraction of sp³-hybridized carbons (Fsp3) is 0.867. The van der Waals surface area contributed by atoms with Crippen LogP contribution in [0.15, 0.2) is 48.6 Å². The Morgan fingerprint density at radius 1 is 0.346 bits per heavy atom. The van der Waals surface area contributed by atoms with Crippen molar-refractivity contribution < 1.29 is 24.5 Å². The number of hydrogen-bond acceptors (Lipinski definition) is 5. The molecule has 2 atom stereocenters. The van der Waals surface area contributed by atoms with Crippen LogP contribution < -0.4 is 5.32 Å². The summed E-state index contributed by atoms with van der Waals surface area (Å²) in [4.78, 5) is 24.6. The first-order chi connectivity index (χ1) is 40.0. The van der Waals surface area contributed by atoms with Crippen molar-refractivity contribution in [1.82, 2.24) is 5.32 Å². The van der Waals surface area contributed by atoms with Crippen molar-refractivity contribution in [3.8, 4) is 0 Å². The van der Waals surface area contributed by atoms with Gasteiger partial charge in [0.05, 0.1) is 25.4 Å². The fourth-order valence-corrected chi connectivity index (χ4v) is 11.3. The summed E-state index contributed by atoms with van der Waals surface area (Å²) in [6, 6.07) is -0.629. The van der Waals surface area contributed by atoms with Crippen LogP contribution in [0.2, 0.25) is 0 Å².